The minimum absolute atomic E-state index is 0.177. The lowest BCUT2D eigenvalue weighted by molar-refractivity contribution is -0.117. The summed E-state index contributed by atoms with van der Waals surface area (Å²) in [4.78, 5) is 10.1. The summed E-state index contributed by atoms with van der Waals surface area (Å²) in [5.41, 5.74) is 0. The molecule has 1 amide bonds. The van der Waals surface area contributed by atoms with Gasteiger partial charge in [-0.25, -0.2) is 0 Å². The highest BCUT2D eigenvalue weighted by Gasteiger charge is 1.90. The van der Waals surface area contributed by atoms with Crippen molar-refractivity contribution in [2.24, 2.45) is 0 Å². The summed E-state index contributed by atoms with van der Waals surface area (Å²) in [5, 5.41) is 1.92. The van der Waals surface area contributed by atoms with Gasteiger partial charge in [-0.3, -0.25) is 4.79 Å². The van der Waals surface area contributed by atoms with E-state index in [1.165, 1.54) is 7.17 Å². The zero-order chi connectivity index (χ0) is 5.70. The molecule has 0 rings (SSSR count). The molecule has 7 heavy (non-hydrogen) atoms. The van der Waals surface area contributed by atoms with Gasteiger partial charge in [0.15, 0.2) is 5.91 Å². The summed E-state index contributed by atoms with van der Waals surface area (Å²) < 4.78 is 0. The Bertz CT molecular complexity index is 66.0. The molecule has 0 aliphatic heterocycles. The molecule has 0 heterocycles. The molecule has 0 spiro atoms. The second-order valence-electron chi connectivity index (χ2n) is 1.01. The standard InChI is InChI=1S/C2H3B3NO/c3-5-1-2(7)6-4/h1H2,(H,6,7). The minimum Gasteiger partial charge on any atom is -0.410 e. The van der Waals surface area contributed by atoms with E-state index in [1.807, 2.05) is 5.23 Å². The van der Waals surface area contributed by atoms with Crippen LogP contribution < -0.4 is 5.23 Å². The number of hydrogen-bond acceptors (Lipinski definition) is 1. The molecular weight excluding hydrogens is 86.5 g/mol. The van der Waals surface area contributed by atoms with Crippen LogP contribution in [0.25, 0.3) is 0 Å². The maximum atomic E-state index is 10.1. The van der Waals surface area contributed by atoms with Crippen molar-refractivity contribution in [1.82, 2.24) is 5.23 Å². The first kappa shape index (κ1) is 6.66. The molecule has 0 aliphatic carbocycles. The highest BCUT2D eigenvalue weighted by atomic mass is 16.1. The van der Waals surface area contributed by atoms with E-state index in [1.54, 1.807) is 0 Å². The van der Waals surface area contributed by atoms with Gasteiger partial charge in [0, 0.05) is 7.74 Å². The van der Waals surface area contributed by atoms with Crippen molar-refractivity contribution in [2.75, 3.05) is 0 Å². The molecule has 1 N–H and O–H groups in total. The van der Waals surface area contributed by atoms with Gasteiger partial charge in [-0.05, 0) is 6.32 Å². The minimum atomic E-state index is -0.275. The van der Waals surface area contributed by atoms with E-state index in [9.17, 15) is 4.79 Å². The van der Waals surface area contributed by atoms with E-state index in [4.69, 9.17) is 7.74 Å². The maximum absolute atomic E-state index is 10.1. The Labute approximate surface area is 46.1 Å². The Morgan fingerprint density at radius 1 is 1.86 bits per heavy atom. The Balaban J connectivity index is 3.00. The second kappa shape index (κ2) is 3.84. The number of nitrogens with one attached hydrogen (secondary N) is 1. The normalized spacial score (nSPS) is 7.43. The van der Waals surface area contributed by atoms with Crippen LogP contribution in [0.4, 0.5) is 0 Å². The molecule has 0 unspecified atom stereocenters. The highest BCUT2D eigenvalue weighted by Crippen LogP contribution is 1.69. The molecule has 0 aromatic heterocycles. The molecule has 31 valence electrons. The van der Waals surface area contributed by atoms with Crippen LogP contribution in [0.5, 0.6) is 0 Å². The summed E-state index contributed by atoms with van der Waals surface area (Å²) in [7, 11) is 10.8. The maximum Gasteiger partial charge on any atom is 0.226 e. The second-order valence-corrected chi connectivity index (χ2v) is 1.01. The average molecular weight is 89.5 g/mol. The molecule has 2 nitrogen and oxygen atoms in total. The summed E-state index contributed by atoms with van der Waals surface area (Å²) in [6, 6.07) is 0. The van der Waals surface area contributed by atoms with Gasteiger partial charge in [-0.15, -0.1) is 0 Å². The third-order valence-electron chi connectivity index (χ3n) is 0.464. The quantitative estimate of drug-likeness (QED) is 0.406. The van der Waals surface area contributed by atoms with Crippen LogP contribution in [0.1, 0.15) is 0 Å². The molecule has 0 fully saturated rings. The highest BCUT2D eigenvalue weighted by molar-refractivity contribution is 6.90. The molecule has 0 aliphatic rings. The molecule has 0 aromatic rings. The Kier molecular flexibility index (Phi) is 3.66. The third kappa shape index (κ3) is 3.50. The lowest BCUT2D eigenvalue weighted by atomic mass is 9.53. The average Bonchev–Trinajstić information content (AvgIpc) is 1.68. The lowest BCUT2D eigenvalue weighted by Crippen LogP contribution is -2.20. The predicted molar refractivity (Wildman–Crippen MR) is 30.2 cm³/mol. The van der Waals surface area contributed by atoms with Crippen molar-refractivity contribution < 1.29 is 4.79 Å². The van der Waals surface area contributed by atoms with Crippen molar-refractivity contribution >= 4 is 28.8 Å². The molecule has 5 radical (unpaired) electrons. The number of amides is 1. The van der Waals surface area contributed by atoms with Gasteiger partial charge in [0.05, 0.1) is 7.17 Å². The predicted octanol–water partition coefficient (Wildman–Crippen LogP) is -1.61. The van der Waals surface area contributed by atoms with Gasteiger partial charge in [-0.2, -0.15) is 0 Å². The Hall–Kier alpha value is -0.335. The molecule has 0 saturated heterocycles. The van der Waals surface area contributed by atoms with E-state index in [-0.39, 0.29) is 12.2 Å². The lowest BCUT2D eigenvalue weighted by Gasteiger charge is -1.91. The Morgan fingerprint density at radius 3 is 2.57 bits per heavy atom. The largest absolute Gasteiger partial charge is 0.410 e. The molecule has 0 atom stereocenters. The fourth-order valence-electron chi connectivity index (χ4n) is 0.166. The van der Waals surface area contributed by atoms with Gasteiger partial charge in [0.25, 0.3) is 0 Å². The smallest absolute Gasteiger partial charge is 0.226 e. The van der Waals surface area contributed by atoms with E-state index >= 15 is 0 Å². The Morgan fingerprint density at radius 2 is 2.43 bits per heavy atom. The van der Waals surface area contributed by atoms with Crippen molar-refractivity contribution in [3.63, 3.8) is 0 Å². The van der Waals surface area contributed by atoms with Gasteiger partial charge < -0.3 is 5.23 Å². The van der Waals surface area contributed by atoms with E-state index in [0.717, 1.165) is 0 Å². The number of carbonyl (C=O) groups is 1. The van der Waals surface area contributed by atoms with Crippen LogP contribution in [0.2, 0.25) is 6.32 Å². The number of carbonyl (C=O) groups excluding carboxylic acids is 1. The first-order chi connectivity index (χ1) is 3.31. The van der Waals surface area contributed by atoms with Crippen LogP contribution in [0.3, 0.4) is 0 Å². The fraction of sp³-hybridized carbons (Fsp3) is 0.500. The van der Waals surface area contributed by atoms with Gasteiger partial charge in [0.1, 0.15) is 0 Å². The first-order valence-electron chi connectivity index (χ1n) is 1.84. The van der Waals surface area contributed by atoms with Crippen molar-refractivity contribution in [3.05, 3.63) is 0 Å². The van der Waals surface area contributed by atoms with Gasteiger partial charge >= 0.3 is 0 Å². The van der Waals surface area contributed by atoms with Crippen molar-refractivity contribution in [1.29, 1.82) is 0 Å². The monoisotopic (exact) mass is 90.0 g/mol. The van der Waals surface area contributed by atoms with Crippen LogP contribution >= 0.6 is 0 Å². The van der Waals surface area contributed by atoms with Crippen molar-refractivity contribution in [3.8, 4) is 0 Å². The number of rotatable bonds is 2. The zero-order valence-corrected chi connectivity index (χ0v) is 3.85. The topological polar surface area (TPSA) is 29.1 Å². The van der Waals surface area contributed by atoms with E-state index < -0.39 is 0 Å². The van der Waals surface area contributed by atoms with E-state index in [2.05, 4.69) is 7.98 Å². The molecule has 0 saturated carbocycles. The SMILES string of the molecule is [B][B]CC(=O)N[B]. The van der Waals surface area contributed by atoms with E-state index in [0.29, 0.717) is 0 Å². The summed E-state index contributed by atoms with van der Waals surface area (Å²) >= 11 is 0. The summed E-state index contributed by atoms with van der Waals surface area (Å²) in [5.74, 6) is -0.275. The molecule has 0 aromatic carbocycles. The molecule has 0 bridgehead atoms. The van der Waals surface area contributed by atoms with Crippen LogP contribution in [-0.2, 0) is 4.79 Å². The van der Waals surface area contributed by atoms with Crippen LogP contribution in [0, 0.1) is 0 Å². The van der Waals surface area contributed by atoms with Crippen LogP contribution in [-0.4, -0.2) is 28.8 Å². The van der Waals surface area contributed by atoms with Gasteiger partial charge in [0.2, 0.25) is 7.98 Å². The summed E-state index contributed by atoms with van der Waals surface area (Å²) in [6.45, 7) is 0. The summed E-state index contributed by atoms with van der Waals surface area (Å²) in [6.07, 6.45) is 0.177. The fourth-order valence-corrected chi connectivity index (χ4v) is 0.166. The first-order valence-corrected chi connectivity index (χ1v) is 1.84. The molecule has 5 heteroatoms. The van der Waals surface area contributed by atoms with Gasteiger partial charge in [-0.1, -0.05) is 0 Å². The van der Waals surface area contributed by atoms with Crippen molar-refractivity contribution in [2.45, 2.75) is 6.32 Å². The molecular formula is C2H3B3NO. The third-order valence-corrected chi connectivity index (χ3v) is 0.464. The zero-order valence-electron chi connectivity index (χ0n) is 3.85. The number of hydrogen-bond donors (Lipinski definition) is 1. The van der Waals surface area contributed by atoms with Crippen LogP contribution in [0.15, 0.2) is 0 Å².